The molecule has 0 aliphatic carbocycles. The number of aliphatic hydroxyl groups is 2. The van der Waals surface area contributed by atoms with Crippen molar-refractivity contribution in [1.82, 2.24) is 0 Å². The zero-order chi connectivity index (χ0) is 15.7. The molecule has 0 aliphatic rings. The number of nitrogens with two attached hydrogens (primary N) is 2. The van der Waals surface area contributed by atoms with Gasteiger partial charge in [0.15, 0.2) is 0 Å². The molecule has 20 heavy (non-hydrogen) atoms. The second-order valence-electron chi connectivity index (χ2n) is 3.66. The molecule has 6 N–H and O–H groups in total. The van der Waals surface area contributed by atoms with E-state index in [-0.39, 0.29) is 0 Å². The lowest BCUT2D eigenvalue weighted by Gasteiger charge is -2.08. The molecule has 0 amide bonds. The maximum atomic E-state index is 11.1. The second kappa shape index (κ2) is 9.09. The van der Waals surface area contributed by atoms with E-state index in [1.165, 1.54) is 0 Å². The van der Waals surface area contributed by atoms with Crippen LogP contribution in [0.4, 0.5) is 0 Å². The highest BCUT2D eigenvalue weighted by atomic mass is 16.6. The Balaban J connectivity index is 4.04. The van der Waals surface area contributed by atoms with Crippen molar-refractivity contribution in [1.29, 1.82) is 0 Å². The Hall–Kier alpha value is -1.88. The molecule has 0 unspecified atom stereocenters. The van der Waals surface area contributed by atoms with Crippen LogP contribution in [0.25, 0.3) is 0 Å². The van der Waals surface area contributed by atoms with Crippen LogP contribution < -0.4 is 11.5 Å². The van der Waals surface area contributed by atoms with Gasteiger partial charge in [0.2, 0.25) is 0 Å². The largest absolute Gasteiger partial charge is 0.394 e. The Morgan fingerprint density at radius 1 is 0.800 bits per heavy atom. The van der Waals surface area contributed by atoms with Crippen molar-refractivity contribution in [3.05, 3.63) is 0 Å². The summed E-state index contributed by atoms with van der Waals surface area (Å²) in [5.74, 6) is -4.39. The minimum absolute atomic E-state index is 0.523. The van der Waals surface area contributed by atoms with Crippen LogP contribution in [-0.2, 0) is 28.7 Å². The molecule has 0 spiro atoms. The monoisotopic (exact) mass is 292 g/mol. The van der Waals surface area contributed by atoms with Gasteiger partial charge in [0.1, 0.15) is 12.1 Å². The van der Waals surface area contributed by atoms with Gasteiger partial charge >= 0.3 is 23.9 Å². The Morgan fingerprint density at radius 3 is 1.35 bits per heavy atom. The van der Waals surface area contributed by atoms with Gasteiger partial charge in [-0.3, -0.25) is 9.59 Å². The van der Waals surface area contributed by atoms with E-state index < -0.39 is 62.0 Å². The molecule has 0 saturated heterocycles. The number of aliphatic hydroxyl groups excluding tert-OH is 2. The van der Waals surface area contributed by atoms with Gasteiger partial charge in [0.25, 0.3) is 0 Å². The van der Waals surface area contributed by atoms with Crippen molar-refractivity contribution in [3.63, 3.8) is 0 Å². The summed E-state index contributed by atoms with van der Waals surface area (Å²) in [5, 5.41) is 17.1. The third-order valence-electron chi connectivity index (χ3n) is 1.96. The molecule has 0 aromatic heterocycles. The molecule has 10 heteroatoms. The number of hydrogen-bond acceptors (Lipinski definition) is 10. The molecule has 0 radical (unpaired) electrons. The quantitative estimate of drug-likeness (QED) is 0.272. The summed E-state index contributed by atoms with van der Waals surface area (Å²) in [6.45, 7) is -1.39. The zero-order valence-corrected chi connectivity index (χ0v) is 10.5. The molecule has 0 fully saturated rings. The van der Waals surface area contributed by atoms with Crippen molar-refractivity contribution < 1.29 is 38.9 Å². The van der Waals surface area contributed by atoms with Crippen LogP contribution in [-0.4, -0.2) is 59.4 Å². The molecule has 0 aliphatic heterocycles. The summed E-state index contributed by atoms with van der Waals surface area (Å²) in [5.41, 5.74) is 10.2. The molecule has 10 nitrogen and oxygen atoms in total. The number of rotatable bonds is 7. The van der Waals surface area contributed by atoms with Gasteiger partial charge in [-0.1, -0.05) is 0 Å². The SMILES string of the molecule is N[C@@H](CO)C(=O)OC(=O)CCC(=O)OC(=O)[C@@H](N)CO. The molecule has 114 valence electrons. The lowest BCUT2D eigenvalue weighted by Crippen LogP contribution is -2.37. The first-order chi connectivity index (χ1) is 9.31. The van der Waals surface area contributed by atoms with E-state index in [2.05, 4.69) is 9.47 Å². The van der Waals surface area contributed by atoms with E-state index >= 15 is 0 Å². The van der Waals surface area contributed by atoms with Crippen molar-refractivity contribution in [2.45, 2.75) is 24.9 Å². The normalized spacial score (nSPS) is 13.2. The first-order valence-electron chi connectivity index (χ1n) is 5.53. The standard InChI is InChI=1S/C10H16N2O8/c11-5(3-13)9(17)19-7(15)1-2-8(16)20-10(18)6(12)4-14/h5-6,13-14H,1-4,11-12H2/t5-,6-/m0/s1. The maximum Gasteiger partial charge on any atom is 0.332 e. The summed E-state index contributed by atoms with van der Waals surface area (Å²) in [7, 11) is 0. The predicted molar refractivity (Wildman–Crippen MR) is 61.6 cm³/mol. The van der Waals surface area contributed by atoms with E-state index in [1.54, 1.807) is 0 Å². The Morgan fingerprint density at radius 2 is 1.10 bits per heavy atom. The van der Waals surface area contributed by atoms with Gasteiger partial charge in [0, 0.05) is 0 Å². The Kier molecular flexibility index (Phi) is 8.24. The highest BCUT2D eigenvalue weighted by Crippen LogP contribution is 1.99. The fourth-order valence-electron chi connectivity index (χ4n) is 0.831. The number of carbonyl (C=O) groups excluding carboxylic acids is 4. The fourth-order valence-corrected chi connectivity index (χ4v) is 0.831. The number of hydrogen-bond donors (Lipinski definition) is 4. The van der Waals surface area contributed by atoms with Crippen LogP contribution in [0.15, 0.2) is 0 Å². The molecular weight excluding hydrogens is 276 g/mol. The highest BCUT2D eigenvalue weighted by Gasteiger charge is 2.21. The second-order valence-corrected chi connectivity index (χ2v) is 3.66. The lowest BCUT2D eigenvalue weighted by molar-refractivity contribution is -0.166. The van der Waals surface area contributed by atoms with Gasteiger partial charge in [-0.25, -0.2) is 9.59 Å². The zero-order valence-electron chi connectivity index (χ0n) is 10.5. The van der Waals surface area contributed by atoms with Gasteiger partial charge in [-0.15, -0.1) is 0 Å². The predicted octanol–water partition coefficient (Wildman–Crippen LogP) is -3.45. The van der Waals surface area contributed by atoms with Crippen molar-refractivity contribution in [2.24, 2.45) is 11.5 Å². The van der Waals surface area contributed by atoms with Crippen molar-refractivity contribution in [3.8, 4) is 0 Å². The summed E-state index contributed by atoms with van der Waals surface area (Å²) < 4.78 is 8.41. The summed E-state index contributed by atoms with van der Waals surface area (Å²) >= 11 is 0. The maximum absolute atomic E-state index is 11.1. The lowest BCUT2D eigenvalue weighted by atomic mass is 10.3. The van der Waals surface area contributed by atoms with E-state index in [4.69, 9.17) is 21.7 Å². The van der Waals surface area contributed by atoms with Gasteiger partial charge in [0.05, 0.1) is 26.1 Å². The number of carbonyl (C=O) groups is 4. The van der Waals surface area contributed by atoms with Crippen LogP contribution in [0.3, 0.4) is 0 Å². The van der Waals surface area contributed by atoms with Crippen LogP contribution in [0.1, 0.15) is 12.8 Å². The Labute approximate surface area is 113 Å². The van der Waals surface area contributed by atoms with E-state index in [0.29, 0.717) is 0 Å². The van der Waals surface area contributed by atoms with Crippen LogP contribution in [0, 0.1) is 0 Å². The molecule has 0 saturated carbocycles. The van der Waals surface area contributed by atoms with Gasteiger partial charge in [-0.2, -0.15) is 0 Å². The number of ether oxygens (including phenoxy) is 2. The summed E-state index contributed by atoms with van der Waals surface area (Å²) in [6, 6.07) is -2.70. The van der Waals surface area contributed by atoms with Crippen LogP contribution in [0.5, 0.6) is 0 Å². The molecule has 0 heterocycles. The minimum atomic E-state index is -1.35. The molecular formula is C10H16N2O8. The van der Waals surface area contributed by atoms with E-state index in [1.807, 2.05) is 0 Å². The van der Waals surface area contributed by atoms with Gasteiger partial charge < -0.3 is 31.2 Å². The topological polar surface area (TPSA) is 179 Å². The van der Waals surface area contributed by atoms with Crippen molar-refractivity contribution >= 4 is 23.9 Å². The van der Waals surface area contributed by atoms with Crippen molar-refractivity contribution in [2.75, 3.05) is 13.2 Å². The summed E-state index contributed by atoms with van der Waals surface area (Å²) in [4.78, 5) is 44.2. The van der Waals surface area contributed by atoms with Gasteiger partial charge in [-0.05, 0) is 0 Å². The average Bonchev–Trinajstić information content (AvgIpc) is 2.42. The third-order valence-corrected chi connectivity index (χ3v) is 1.96. The first-order valence-corrected chi connectivity index (χ1v) is 5.53. The highest BCUT2D eigenvalue weighted by molar-refractivity contribution is 5.92. The number of esters is 4. The summed E-state index contributed by atoms with van der Waals surface area (Å²) in [6.07, 6.45) is -1.05. The first kappa shape index (κ1) is 18.1. The fraction of sp³-hybridized carbons (Fsp3) is 0.600. The Bertz CT molecular complexity index is 347. The molecule has 0 aromatic rings. The molecule has 2 atom stereocenters. The van der Waals surface area contributed by atoms with E-state index in [9.17, 15) is 19.2 Å². The molecule has 0 rings (SSSR count). The molecule has 0 aromatic carbocycles. The van der Waals surface area contributed by atoms with Crippen LogP contribution in [0.2, 0.25) is 0 Å². The smallest absolute Gasteiger partial charge is 0.332 e. The third kappa shape index (κ3) is 6.89. The van der Waals surface area contributed by atoms with E-state index in [0.717, 1.165) is 0 Å². The van der Waals surface area contributed by atoms with Crippen LogP contribution >= 0.6 is 0 Å². The molecule has 0 bridgehead atoms. The minimum Gasteiger partial charge on any atom is -0.394 e. The average molecular weight is 292 g/mol.